The van der Waals surface area contributed by atoms with Crippen LogP contribution in [0.3, 0.4) is 0 Å². The second-order valence-corrected chi connectivity index (χ2v) is 4.88. The van der Waals surface area contributed by atoms with Crippen molar-refractivity contribution in [2.24, 2.45) is 5.92 Å². The largest absolute Gasteiger partial charge is 0.494 e. The van der Waals surface area contributed by atoms with E-state index in [2.05, 4.69) is 10.6 Å². The zero-order chi connectivity index (χ0) is 15.7. The maximum Gasteiger partial charge on any atom is 0.267 e. The lowest BCUT2D eigenvalue weighted by molar-refractivity contribution is -0.112. The Bertz CT molecular complexity index is 527. The number of hydrogen-bond acceptors (Lipinski definition) is 4. The molecule has 0 heterocycles. The molecular weight excluding hydrogens is 266 g/mol. The third kappa shape index (κ3) is 6.00. The van der Waals surface area contributed by atoms with Gasteiger partial charge in [-0.15, -0.1) is 0 Å². The van der Waals surface area contributed by atoms with Crippen molar-refractivity contribution in [3.05, 3.63) is 36.0 Å². The Morgan fingerprint density at radius 2 is 2.05 bits per heavy atom. The maximum atomic E-state index is 12.0. The number of carbonyl (C=O) groups excluding carboxylic acids is 1. The van der Waals surface area contributed by atoms with Gasteiger partial charge in [0.25, 0.3) is 5.91 Å². The molecule has 0 spiro atoms. The number of rotatable bonds is 7. The summed E-state index contributed by atoms with van der Waals surface area (Å²) in [4.78, 5) is 12.0. The van der Waals surface area contributed by atoms with Gasteiger partial charge in [-0.2, -0.15) is 5.26 Å². The van der Waals surface area contributed by atoms with Crippen molar-refractivity contribution in [2.45, 2.75) is 20.8 Å². The summed E-state index contributed by atoms with van der Waals surface area (Å²) >= 11 is 0. The van der Waals surface area contributed by atoms with Crippen LogP contribution in [0.25, 0.3) is 0 Å². The Kier molecular flexibility index (Phi) is 6.82. The molecule has 0 bridgehead atoms. The Balaban J connectivity index is 2.63. The molecule has 0 fully saturated rings. The van der Waals surface area contributed by atoms with Gasteiger partial charge in [0.1, 0.15) is 17.4 Å². The van der Waals surface area contributed by atoms with E-state index in [9.17, 15) is 4.79 Å². The summed E-state index contributed by atoms with van der Waals surface area (Å²) in [7, 11) is 0. The Labute approximate surface area is 125 Å². The summed E-state index contributed by atoms with van der Waals surface area (Å²) in [5.74, 6) is 0.749. The third-order valence-electron chi connectivity index (χ3n) is 2.56. The molecule has 0 aromatic heterocycles. The van der Waals surface area contributed by atoms with Gasteiger partial charge in [0, 0.05) is 18.4 Å². The molecule has 5 nitrogen and oxygen atoms in total. The minimum Gasteiger partial charge on any atom is -0.494 e. The number of ether oxygens (including phenoxy) is 1. The topological polar surface area (TPSA) is 74.1 Å². The summed E-state index contributed by atoms with van der Waals surface area (Å²) in [6.07, 6.45) is 1.45. The molecule has 2 N–H and O–H groups in total. The minimum atomic E-state index is -0.432. The molecule has 0 unspecified atom stereocenters. The number of nitriles is 1. The summed E-state index contributed by atoms with van der Waals surface area (Å²) in [5, 5.41) is 14.7. The predicted octanol–water partition coefficient (Wildman–Crippen LogP) is 2.68. The molecule has 1 amide bonds. The first-order chi connectivity index (χ1) is 10.1. The number of hydrogen-bond donors (Lipinski definition) is 2. The minimum absolute atomic E-state index is 0.0459. The first-order valence-electron chi connectivity index (χ1n) is 6.94. The quantitative estimate of drug-likeness (QED) is 0.597. The first kappa shape index (κ1) is 16.6. The molecule has 21 heavy (non-hydrogen) atoms. The Hall–Kier alpha value is -2.48. The maximum absolute atomic E-state index is 12.0. The highest BCUT2D eigenvalue weighted by atomic mass is 16.5. The fourth-order valence-corrected chi connectivity index (χ4v) is 1.54. The van der Waals surface area contributed by atoms with Crippen molar-refractivity contribution in [3.8, 4) is 11.8 Å². The molecule has 0 aliphatic rings. The van der Waals surface area contributed by atoms with Crippen molar-refractivity contribution in [1.82, 2.24) is 5.32 Å². The van der Waals surface area contributed by atoms with Gasteiger partial charge >= 0.3 is 0 Å². The van der Waals surface area contributed by atoms with Crippen LogP contribution in [0.4, 0.5) is 5.69 Å². The average molecular weight is 287 g/mol. The normalized spacial score (nSPS) is 10.9. The van der Waals surface area contributed by atoms with E-state index in [0.29, 0.717) is 24.8 Å². The van der Waals surface area contributed by atoms with Crippen LogP contribution < -0.4 is 15.4 Å². The number of nitrogens with zero attached hydrogens (tertiary/aromatic N) is 1. The SMILES string of the molecule is CCOc1ccc(NC(=O)/C(C#N)=C\NCC(C)C)cc1. The van der Waals surface area contributed by atoms with Gasteiger partial charge in [0.2, 0.25) is 0 Å². The number of anilines is 1. The molecule has 0 saturated heterocycles. The monoisotopic (exact) mass is 287 g/mol. The van der Waals surface area contributed by atoms with Gasteiger partial charge in [0.05, 0.1) is 6.61 Å². The van der Waals surface area contributed by atoms with Crippen molar-refractivity contribution >= 4 is 11.6 Å². The second kappa shape index (κ2) is 8.64. The van der Waals surface area contributed by atoms with Gasteiger partial charge in [-0.3, -0.25) is 4.79 Å². The summed E-state index contributed by atoms with van der Waals surface area (Å²) in [5.41, 5.74) is 0.665. The van der Waals surface area contributed by atoms with Crippen LogP contribution in [-0.4, -0.2) is 19.1 Å². The fraction of sp³-hybridized carbons (Fsp3) is 0.375. The lowest BCUT2D eigenvalue weighted by Crippen LogP contribution is -2.19. The molecule has 0 aliphatic carbocycles. The van der Waals surface area contributed by atoms with Crippen LogP contribution in [0.2, 0.25) is 0 Å². The lowest BCUT2D eigenvalue weighted by Gasteiger charge is -2.07. The average Bonchev–Trinajstić information content (AvgIpc) is 2.45. The van der Waals surface area contributed by atoms with Gasteiger partial charge in [0.15, 0.2) is 0 Å². The van der Waals surface area contributed by atoms with Gasteiger partial charge in [-0.25, -0.2) is 0 Å². The van der Waals surface area contributed by atoms with Crippen LogP contribution in [0.1, 0.15) is 20.8 Å². The molecule has 1 aromatic rings. The van der Waals surface area contributed by atoms with E-state index in [1.165, 1.54) is 6.20 Å². The van der Waals surface area contributed by atoms with Crippen LogP contribution in [-0.2, 0) is 4.79 Å². The van der Waals surface area contributed by atoms with E-state index >= 15 is 0 Å². The van der Waals surface area contributed by atoms with Gasteiger partial charge < -0.3 is 15.4 Å². The van der Waals surface area contributed by atoms with E-state index in [1.54, 1.807) is 24.3 Å². The molecule has 0 saturated carbocycles. The van der Waals surface area contributed by atoms with Crippen LogP contribution in [0, 0.1) is 17.2 Å². The molecule has 112 valence electrons. The summed E-state index contributed by atoms with van der Waals surface area (Å²) < 4.78 is 5.32. The number of carbonyl (C=O) groups is 1. The van der Waals surface area contributed by atoms with Gasteiger partial charge in [-0.1, -0.05) is 13.8 Å². The first-order valence-corrected chi connectivity index (χ1v) is 6.94. The Morgan fingerprint density at radius 3 is 2.57 bits per heavy atom. The summed E-state index contributed by atoms with van der Waals surface area (Å²) in [6.45, 7) is 7.31. The van der Waals surface area contributed by atoms with Gasteiger partial charge in [-0.05, 0) is 37.1 Å². The molecule has 0 aliphatic heterocycles. The molecule has 1 rings (SSSR count). The molecule has 1 aromatic carbocycles. The third-order valence-corrected chi connectivity index (χ3v) is 2.56. The zero-order valence-electron chi connectivity index (χ0n) is 12.6. The molecule has 5 heteroatoms. The highest BCUT2D eigenvalue weighted by Gasteiger charge is 2.09. The number of amides is 1. The lowest BCUT2D eigenvalue weighted by atomic mass is 10.2. The standard InChI is InChI=1S/C16H21N3O2/c1-4-21-15-7-5-14(6-8-15)19-16(20)13(9-17)11-18-10-12(2)3/h5-8,11-12,18H,4,10H2,1-3H3,(H,19,20)/b13-11-. The molecule has 0 atom stereocenters. The predicted molar refractivity (Wildman–Crippen MR) is 82.8 cm³/mol. The van der Waals surface area contributed by atoms with Crippen molar-refractivity contribution in [3.63, 3.8) is 0 Å². The molecule has 0 radical (unpaired) electrons. The zero-order valence-corrected chi connectivity index (χ0v) is 12.6. The van der Waals surface area contributed by atoms with Crippen LogP contribution in [0.15, 0.2) is 36.0 Å². The smallest absolute Gasteiger partial charge is 0.267 e. The Morgan fingerprint density at radius 1 is 1.38 bits per heavy atom. The fourth-order valence-electron chi connectivity index (χ4n) is 1.54. The van der Waals surface area contributed by atoms with Crippen molar-refractivity contribution in [2.75, 3.05) is 18.5 Å². The van der Waals surface area contributed by atoms with E-state index in [1.807, 2.05) is 26.8 Å². The highest BCUT2D eigenvalue weighted by molar-refractivity contribution is 6.06. The van der Waals surface area contributed by atoms with E-state index in [-0.39, 0.29) is 5.57 Å². The second-order valence-electron chi connectivity index (χ2n) is 4.88. The van der Waals surface area contributed by atoms with E-state index in [0.717, 1.165) is 5.75 Å². The van der Waals surface area contributed by atoms with E-state index in [4.69, 9.17) is 10.00 Å². The van der Waals surface area contributed by atoms with Crippen LogP contribution >= 0.6 is 0 Å². The van der Waals surface area contributed by atoms with Crippen molar-refractivity contribution in [1.29, 1.82) is 5.26 Å². The highest BCUT2D eigenvalue weighted by Crippen LogP contribution is 2.16. The molecular formula is C16H21N3O2. The number of benzene rings is 1. The van der Waals surface area contributed by atoms with Crippen molar-refractivity contribution < 1.29 is 9.53 Å². The van der Waals surface area contributed by atoms with E-state index < -0.39 is 5.91 Å². The van der Waals surface area contributed by atoms with Crippen LogP contribution in [0.5, 0.6) is 5.75 Å². The summed E-state index contributed by atoms with van der Waals surface area (Å²) in [6, 6.07) is 8.90. The number of nitrogens with one attached hydrogen (secondary N) is 2.